The maximum atomic E-state index is 13.2. The van der Waals surface area contributed by atoms with Gasteiger partial charge in [0.1, 0.15) is 4.32 Å². The van der Waals surface area contributed by atoms with Gasteiger partial charge in [-0.05, 0) is 31.0 Å². The van der Waals surface area contributed by atoms with Crippen LogP contribution in [0.25, 0.3) is 5.57 Å². The van der Waals surface area contributed by atoms with Gasteiger partial charge in [-0.2, -0.15) is 0 Å². The molecule has 0 atom stereocenters. The van der Waals surface area contributed by atoms with E-state index in [-0.39, 0.29) is 24.8 Å². The van der Waals surface area contributed by atoms with Gasteiger partial charge in [0.15, 0.2) is 0 Å². The summed E-state index contributed by atoms with van der Waals surface area (Å²) in [6.45, 7) is 2.88. The first-order chi connectivity index (χ1) is 13.3. The van der Waals surface area contributed by atoms with Crippen LogP contribution in [-0.4, -0.2) is 45.2 Å². The summed E-state index contributed by atoms with van der Waals surface area (Å²) in [6, 6.07) is 5.62. The van der Waals surface area contributed by atoms with Gasteiger partial charge in [0.25, 0.3) is 11.8 Å². The highest BCUT2D eigenvalue weighted by Crippen LogP contribution is 2.45. The molecule has 1 fully saturated rings. The van der Waals surface area contributed by atoms with Crippen molar-refractivity contribution in [1.82, 2.24) is 4.90 Å². The lowest BCUT2D eigenvalue weighted by Gasteiger charge is -2.16. The molecule has 2 amide bonds. The standard InChI is InChI=1S/C19H19BrN2O4S2/c1-2-3-8-21-13-7-6-11(20)10-12(13)15(17(21)25)16-18(26)22(19(27)28-16)9-4-5-14(23)24/h6-7,10H,2-5,8-9H2,1H3,(H,23,24)/b16-15-. The van der Waals surface area contributed by atoms with Gasteiger partial charge < -0.3 is 10.0 Å². The molecule has 2 aliphatic rings. The number of rotatable bonds is 7. The lowest BCUT2D eigenvalue weighted by atomic mass is 10.1. The van der Waals surface area contributed by atoms with Crippen molar-refractivity contribution in [2.45, 2.75) is 32.6 Å². The van der Waals surface area contributed by atoms with E-state index in [2.05, 4.69) is 22.9 Å². The van der Waals surface area contributed by atoms with Gasteiger partial charge in [-0.25, -0.2) is 0 Å². The Labute approximate surface area is 181 Å². The number of nitrogens with zero attached hydrogens (tertiary/aromatic N) is 2. The first-order valence-electron chi connectivity index (χ1n) is 8.96. The molecule has 0 aliphatic carbocycles. The molecule has 0 spiro atoms. The van der Waals surface area contributed by atoms with Gasteiger partial charge >= 0.3 is 5.97 Å². The fourth-order valence-electron chi connectivity index (χ4n) is 3.19. The highest BCUT2D eigenvalue weighted by molar-refractivity contribution is 9.10. The summed E-state index contributed by atoms with van der Waals surface area (Å²) in [5.74, 6) is -1.43. The largest absolute Gasteiger partial charge is 0.481 e. The lowest BCUT2D eigenvalue weighted by Crippen LogP contribution is -2.30. The molecule has 1 aromatic rings. The summed E-state index contributed by atoms with van der Waals surface area (Å²) in [7, 11) is 0. The van der Waals surface area contributed by atoms with Crippen LogP contribution in [-0.2, 0) is 14.4 Å². The van der Waals surface area contributed by atoms with Crippen molar-refractivity contribution in [3.8, 4) is 0 Å². The molecule has 0 radical (unpaired) electrons. The molecule has 2 aliphatic heterocycles. The van der Waals surface area contributed by atoms with Gasteiger partial charge in [0.05, 0.1) is 16.2 Å². The van der Waals surface area contributed by atoms with Crippen molar-refractivity contribution in [2.75, 3.05) is 18.0 Å². The first-order valence-corrected chi connectivity index (χ1v) is 11.0. The molecule has 1 aromatic carbocycles. The second-order valence-electron chi connectivity index (χ2n) is 6.50. The smallest absolute Gasteiger partial charge is 0.303 e. The van der Waals surface area contributed by atoms with E-state index in [9.17, 15) is 14.4 Å². The van der Waals surface area contributed by atoms with Crippen LogP contribution < -0.4 is 4.90 Å². The van der Waals surface area contributed by atoms with Gasteiger partial charge in [-0.3, -0.25) is 19.3 Å². The van der Waals surface area contributed by atoms with E-state index in [0.29, 0.717) is 27.8 Å². The number of carbonyl (C=O) groups excluding carboxylic acids is 2. The zero-order chi connectivity index (χ0) is 20.4. The zero-order valence-electron chi connectivity index (χ0n) is 15.2. The molecule has 9 heteroatoms. The summed E-state index contributed by atoms with van der Waals surface area (Å²) in [5.41, 5.74) is 1.90. The Kier molecular flexibility index (Phi) is 6.57. The number of aliphatic carboxylic acids is 1. The quantitative estimate of drug-likeness (QED) is 0.466. The number of carbonyl (C=O) groups is 3. The minimum Gasteiger partial charge on any atom is -0.481 e. The van der Waals surface area contributed by atoms with Gasteiger partial charge in [0.2, 0.25) is 0 Å². The summed E-state index contributed by atoms with van der Waals surface area (Å²) >= 11 is 9.88. The summed E-state index contributed by atoms with van der Waals surface area (Å²) < 4.78 is 1.18. The fourth-order valence-corrected chi connectivity index (χ4v) is 4.93. The van der Waals surface area contributed by atoms with Crippen molar-refractivity contribution in [1.29, 1.82) is 0 Å². The monoisotopic (exact) mass is 482 g/mol. The van der Waals surface area contributed by atoms with Gasteiger partial charge in [0, 0.05) is 29.5 Å². The van der Waals surface area contributed by atoms with Crippen LogP contribution in [0.3, 0.4) is 0 Å². The number of halogens is 1. The fraction of sp³-hybridized carbons (Fsp3) is 0.368. The van der Waals surface area contributed by atoms with E-state index in [1.165, 1.54) is 4.90 Å². The SMILES string of the molecule is CCCCN1C(=O)/C(=C2\SC(=S)N(CCCC(=O)O)C2=O)c2cc(Br)ccc21. The first kappa shape index (κ1) is 21.0. The Morgan fingerprint density at radius 1 is 1.18 bits per heavy atom. The third-order valence-electron chi connectivity index (χ3n) is 4.56. The summed E-state index contributed by atoms with van der Waals surface area (Å²) in [4.78, 5) is 40.3. The predicted molar refractivity (Wildman–Crippen MR) is 117 cm³/mol. The molecule has 6 nitrogen and oxygen atoms in total. The number of unbranched alkanes of at least 4 members (excludes halogenated alkanes) is 1. The van der Waals surface area contributed by atoms with E-state index in [1.54, 1.807) is 4.90 Å². The third kappa shape index (κ3) is 4.01. The molecule has 148 valence electrons. The third-order valence-corrected chi connectivity index (χ3v) is 6.50. The molecule has 0 unspecified atom stereocenters. The van der Waals surface area contributed by atoms with Crippen LogP contribution in [0.5, 0.6) is 0 Å². The maximum Gasteiger partial charge on any atom is 0.303 e. The number of thioether (sulfide) groups is 1. The second-order valence-corrected chi connectivity index (χ2v) is 9.06. The minimum absolute atomic E-state index is 0.0392. The van der Waals surface area contributed by atoms with Crippen LogP contribution in [0.1, 0.15) is 38.2 Å². The lowest BCUT2D eigenvalue weighted by molar-refractivity contribution is -0.137. The molecule has 0 aromatic heterocycles. The molecule has 0 bridgehead atoms. The maximum absolute atomic E-state index is 13.2. The van der Waals surface area contributed by atoms with E-state index in [4.69, 9.17) is 17.3 Å². The number of thiocarbonyl (C=S) groups is 1. The Morgan fingerprint density at radius 2 is 1.89 bits per heavy atom. The summed E-state index contributed by atoms with van der Waals surface area (Å²) in [5, 5.41) is 8.81. The number of hydrogen-bond acceptors (Lipinski definition) is 5. The second kappa shape index (κ2) is 8.75. The number of benzene rings is 1. The molecular formula is C19H19BrN2O4S2. The van der Waals surface area contributed by atoms with Gasteiger partial charge in [-0.1, -0.05) is 53.3 Å². The average molecular weight is 483 g/mol. The van der Waals surface area contributed by atoms with Crippen LogP contribution in [0.15, 0.2) is 27.6 Å². The topological polar surface area (TPSA) is 77.9 Å². The van der Waals surface area contributed by atoms with Crippen molar-refractivity contribution in [3.63, 3.8) is 0 Å². The number of fused-ring (bicyclic) bond motifs is 1. The molecule has 1 saturated heterocycles. The van der Waals surface area contributed by atoms with Crippen LogP contribution in [0.2, 0.25) is 0 Å². The normalized spacial score (nSPS) is 19.0. The molecule has 1 N–H and O–H groups in total. The predicted octanol–water partition coefficient (Wildman–Crippen LogP) is 4.03. The zero-order valence-corrected chi connectivity index (χ0v) is 18.5. The number of amides is 2. The Bertz CT molecular complexity index is 900. The van der Waals surface area contributed by atoms with Gasteiger partial charge in [-0.15, -0.1) is 0 Å². The van der Waals surface area contributed by atoms with E-state index >= 15 is 0 Å². The molecule has 2 heterocycles. The highest BCUT2D eigenvalue weighted by atomic mass is 79.9. The minimum atomic E-state index is -0.917. The van der Waals surface area contributed by atoms with Crippen molar-refractivity contribution >= 4 is 73.3 Å². The van der Waals surface area contributed by atoms with Crippen LogP contribution in [0, 0.1) is 0 Å². The van der Waals surface area contributed by atoms with E-state index in [1.807, 2.05) is 18.2 Å². The highest BCUT2D eigenvalue weighted by Gasteiger charge is 2.41. The molecule has 3 rings (SSSR count). The molecular weight excluding hydrogens is 464 g/mol. The van der Waals surface area contributed by atoms with Crippen LogP contribution in [0.4, 0.5) is 5.69 Å². The Morgan fingerprint density at radius 3 is 2.57 bits per heavy atom. The summed E-state index contributed by atoms with van der Waals surface area (Å²) in [6.07, 6.45) is 2.09. The van der Waals surface area contributed by atoms with Crippen molar-refractivity contribution in [2.24, 2.45) is 0 Å². The van der Waals surface area contributed by atoms with Crippen molar-refractivity contribution in [3.05, 3.63) is 33.1 Å². The number of carboxylic acids is 1. The van der Waals surface area contributed by atoms with E-state index in [0.717, 1.165) is 40.3 Å². The molecule has 28 heavy (non-hydrogen) atoms. The number of hydrogen-bond donors (Lipinski definition) is 1. The Hall–Kier alpha value is -1.71. The number of carboxylic acid groups (broad SMARTS) is 1. The Balaban J connectivity index is 1.97. The number of anilines is 1. The average Bonchev–Trinajstić information content (AvgIpc) is 3.06. The van der Waals surface area contributed by atoms with E-state index < -0.39 is 5.97 Å². The molecule has 0 saturated carbocycles. The van der Waals surface area contributed by atoms with Crippen molar-refractivity contribution < 1.29 is 19.5 Å². The van der Waals surface area contributed by atoms with Crippen LogP contribution >= 0.6 is 39.9 Å².